The van der Waals surface area contributed by atoms with E-state index in [0.717, 1.165) is 23.2 Å². The van der Waals surface area contributed by atoms with Gasteiger partial charge >= 0.3 is 0 Å². The van der Waals surface area contributed by atoms with Crippen molar-refractivity contribution in [2.75, 3.05) is 13.7 Å². The van der Waals surface area contributed by atoms with Crippen molar-refractivity contribution in [3.05, 3.63) is 47.5 Å². The van der Waals surface area contributed by atoms with Gasteiger partial charge in [-0.1, -0.05) is 26.8 Å². The Balaban J connectivity index is 2.27. The van der Waals surface area contributed by atoms with Crippen molar-refractivity contribution in [2.24, 2.45) is 0 Å². The molecule has 0 aliphatic rings. The number of nitrogens with zero attached hydrogens (tertiary/aromatic N) is 3. The Kier molecular flexibility index (Phi) is 5.42. The highest BCUT2D eigenvalue weighted by Crippen LogP contribution is 2.35. The number of hydrogen-bond donors (Lipinski definition) is 0. The van der Waals surface area contributed by atoms with E-state index in [1.807, 2.05) is 12.4 Å². The minimum Gasteiger partial charge on any atom is -0.383 e. The molecular formula is C22H29N3O. The lowest BCUT2D eigenvalue weighted by molar-refractivity contribution is 0.164. The molecule has 0 amide bonds. The summed E-state index contributed by atoms with van der Waals surface area (Å²) in [6.45, 7) is 11.5. The predicted octanol–water partition coefficient (Wildman–Crippen LogP) is 5.30. The first kappa shape index (κ1) is 18.6. The highest BCUT2D eigenvalue weighted by molar-refractivity contribution is 5.95. The molecule has 0 aromatic carbocycles. The number of aryl methyl sites for hydroxylation is 2. The minimum atomic E-state index is 0.242. The third kappa shape index (κ3) is 3.26. The van der Waals surface area contributed by atoms with Crippen molar-refractivity contribution in [3.8, 4) is 11.1 Å². The van der Waals surface area contributed by atoms with Crippen LogP contribution in [0.15, 0.2) is 30.7 Å². The summed E-state index contributed by atoms with van der Waals surface area (Å²) in [7, 11) is 1.75. The molecule has 0 aliphatic heterocycles. The Hall–Kier alpha value is -2.20. The summed E-state index contributed by atoms with van der Waals surface area (Å²) < 4.78 is 7.72. The van der Waals surface area contributed by atoms with E-state index >= 15 is 0 Å². The van der Waals surface area contributed by atoms with Crippen LogP contribution in [0, 0.1) is 6.92 Å². The molecule has 4 nitrogen and oxygen atoms in total. The highest BCUT2D eigenvalue weighted by Gasteiger charge is 2.19. The van der Waals surface area contributed by atoms with E-state index in [9.17, 15) is 0 Å². The lowest BCUT2D eigenvalue weighted by Crippen LogP contribution is -2.11. The Morgan fingerprint density at radius 2 is 1.88 bits per heavy atom. The largest absolute Gasteiger partial charge is 0.383 e. The van der Waals surface area contributed by atoms with Crippen molar-refractivity contribution < 1.29 is 4.74 Å². The van der Waals surface area contributed by atoms with Crippen LogP contribution in [0.4, 0.5) is 0 Å². The van der Waals surface area contributed by atoms with Crippen molar-refractivity contribution in [1.82, 2.24) is 14.5 Å². The van der Waals surface area contributed by atoms with Crippen molar-refractivity contribution in [1.29, 1.82) is 0 Å². The monoisotopic (exact) mass is 351 g/mol. The lowest BCUT2D eigenvalue weighted by atomic mass is 9.98. The highest BCUT2D eigenvalue weighted by atomic mass is 16.5. The number of aromatic nitrogens is 3. The fraction of sp³-hybridized carbons (Fsp3) is 0.455. The number of hydrogen-bond acceptors (Lipinski definition) is 3. The van der Waals surface area contributed by atoms with Crippen LogP contribution in [0.5, 0.6) is 0 Å². The van der Waals surface area contributed by atoms with Gasteiger partial charge in [-0.2, -0.15) is 0 Å². The van der Waals surface area contributed by atoms with Gasteiger partial charge in [-0.3, -0.25) is 9.97 Å². The molecule has 3 aromatic heterocycles. The third-order valence-electron chi connectivity index (χ3n) is 5.03. The van der Waals surface area contributed by atoms with Crippen LogP contribution in [-0.2, 0) is 11.2 Å². The van der Waals surface area contributed by atoms with E-state index in [-0.39, 0.29) is 6.04 Å². The van der Waals surface area contributed by atoms with Gasteiger partial charge in [-0.15, -0.1) is 0 Å². The van der Waals surface area contributed by atoms with Gasteiger partial charge in [-0.25, -0.2) is 0 Å². The SMILES string of the molecule is CCc1cnc2c(C)cn([C@@H](C)COC)c2c1-c1ccc(C(C)C)nc1. The molecule has 0 aliphatic carbocycles. The molecule has 0 bridgehead atoms. The molecule has 3 aromatic rings. The average Bonchev–Trinajstić information content (AvgIpc) is 2.98. The molecule has 138 valence electrons. The Labute approximate surface area is 156 Å². The second-order valence-electron chi connectivity index (χ2n) is 7.36. The molecule has 0 fully saturated rings. The molecule has 0 radical (unpaired) electrons. The molecule has 3 heterocycles. The van der Waals surface area contributed by atoms with Crippen molar-refractivity contribution in [2.45, 2.75) is 53.0 Å². The van der Waals surface area contributed by atoms with Crippen LogP contribution in [0.25, 0.3) is 22.2 Å². The second kappa shape index (κ2) is 7.58. The maximum Gasteiger partial charge on any atom is 0.0916 e. The molecule has 0 saturated heterocycles. The summed E-state index contributed by atoms with van der Waals surface area (Å²) in [4.78, 5) is 9.46. The summed E-state index contributed by atoms with van der Waals surface area (Å²) in [6, 6.07) is 4.58. The van der Waals surface area contributed by atoms with Gasteiger partial charge in [0.2, 0.25) is 0 Å². The molecule has 1 atom stereocenters. The molecule has 0 spiro atoms. The van der Waals surface area contributed by atoms with Gasteiger partial charge in [0.15, 0.2) is 0 Å². The van der Waals surface area contributed by atoms with Crippen LogP contribution in [0.3, 0.4) is 0 Å². The lowest BCUT2D eigenvalue weighted by Gasteiger charge is -2.18. The topological polar surface area (TPSA) is 39.9 Å². The summed E-state index contributed by atoms with van der Waals surface area (Å²) in [6.07, 6.45) is 7.16. The molecule has 26 heavy (non-hydrogen) atoms. The van der Waals surface area contributed by atoms with E-state index in [0.29, 0.717) is 12.5 Å². The fourth-order valence-electron chi connectivity index (χ4n) is 3.57. The van der Waals surface area contributed by atoms with E-state index in [1.54, 1.807) is 7.11 Å². The third-order valence-corrected chi connectivity index (χ3v) is 5.03. The van der Waals surface area contributed by atoms with E-state index in [2.05, 4.69) is 57.5 Å². The summed E-state index contributed by atoms with van der Waals surface area (Å²) >= 11 is 0. The van der Waals surface area contributed by atoms with Crippen LogP contribution < -0.4 is 0 Å². The number of fused-ring (bicyclic) bond motifs is 1. The Morgan fingerprint density at radius 1 is 1.12 bits per heavy atom. The van der Waals surface area contributed by atoms with E-state index in [4.69, 9.17) is 14.7 Å². The molecule has 0 saturated carbocycles. The van der Waals surface area contributed by atoms with E-state index in [1.165, 1.54) is 22.2 Å². The Morgan fingerprint density at radius 3 is 2.46 bits per heavy atom. The first-order chi connectivity index (χ1) is 12.5. The standard InChI is InChI=1S/C22H29N3O/c1-7-17-10-24-21-15(4)12-25(16(5)13-26-6)22(21)20(17)18-8-9-19(14(2)3)23-11-18/h8-12,14,16H,7,13H2,1-6H3/t16-/m0/s1. The molecule has 0 unspecified atom stereocenters. The van der Waals surface area contributed by atoms with Gasteiger partial charge in [0.1, 0.15) is 0 Å². The number of methoxy groups -OCH3 is 1. The molecule has 0 N–H and O–H groups in total. The zero-order valence-corrected chi connectivity index (χ0v) is 16.7. The maximum absolute atomic E-state index is 5.41. The van der Waals surface area contributed by atoms with Gasteiger partial charge in [0, 0.05) is 42.5 Å². The summed E-state index contributed by atoms with van der Waals surface area (Å²) in [5.74, 6) is 0.431. The summed E-state index contributed by atoms with van der Waals surface area (Å²) in [5, 5.41) is 0. The molecule has 4 heteroatoms. The minimum absolute atomic E-state index is 0.242. The van der Waals surface area contributed by atoms with Crippen molar-refractivity contribution in [3.63, 3.8) is 0 Å². The van der Waals surface area contributed by atoms with Crippen LogP contribution in [-0.4, -0.2) is 28.3 Å². The normalized spacial score (nSPS) is 12.9. The summed E-state index contributed by atoms with van der Waals surface area (Å²) in [5.41, 5.74) is 8.22. The number of rotatable bonds is 6. The zero-order chi connectivity index (χ0) is 18.8. The molecule has 3 rings (SSSR count). The smallest absolute Gasteiger partial charge is 0.0916 e. The zero-order valence-electron chi connectivity index (χ0n) is 16.7. The van der Waals surface area contributed by atoms with Gasteiger partial charge in [0.25, 0.3) is 0 Å². The first-order valence-corrected chi connectivity index (χ1v) is 9.42. The number of ether oxygens (including phenoxy) is 1. The fourth-order valence-corrected chi connectivity index (χ4v) is 3.57. The van der Waals surface area contributed by atoms with Gasteiger partial charge in [-0.05, 0) is 43.4 Å². The quantitative estimate of drug-likeness (QED) is 0.605. The first-order valence-electron chi connectivity index (χ1n) is 9.42. The van der Waals surface area contributed by atoms with Gasteiger partial charge < -0.3 is 9.30 Å². The predicted molar refractivity (Wildman–Crippen MR) is 108 cm³/mol. The van der Waals surface area contributed by atoms with Crippen LogP contribution in [0.2, 0.25) is 0 Å². The van der Waals surface area contributed by atoms with E-state index < -0.39 is 0 Å². The Bertz CT molecular complexity index is 894. The van der Waals surface area contributed by atoms with Crippen LogP contribution >= 0.6 is 0 Å². The maximum atomic E-state index is 5.41. The van der Waals surface area contributed by atoms with Crippen LogP contribution in [0.1, 0.15) is 56.5 Å². The second-order valence-corrected chi connectivity index (χ2v) is 7.36. The van der Waals surface area contributed by atoms with Gasteiger partial charge in [0.05, 0.1) is 23.7 Å². The number of pyridine rings is 2. The average molecular weight is 351 g/mol. The van der Waals surface area contributed by atoms with Crippen molar-refractivity contribution >= 4 is 11.0 Å². The molecular weight excluding hydrogens is 322 g/mol.